The van der Waals surface area contributed by atoms with E-state index >= 15 is 0 Å². The summed E-state index contributed by atoms with van der Waals surface area (Å²) in [6, 6.07) is 0. The van der Waals surface area contributed by atoms with E-state index in [-0.39, 0.29) is 5.95 Å². The Morgan fingerprint density at radius 1 is 1.43 bits per heavy atom. The molecule has 0 unspecified atom stereocenters. The van der Waals surface area contributed by atoms with Gasteiger partial charge in [-0.05, 0) is 26.4 Å². The number of nitrogens with zero attached hydrogens (tertiary/aromatic N) is 7. The van der Waals surface area contributed by atoms with E-state index in [4.69, 9.17) is 5.73 Å². The van der Waals surface area contributed by atoms with E-state index in [0.717, 1.165) is 0 Å². The molecule has 0 saturated heterocycles. The lowest BCUT2D eigenvalue weighted by molar-refractivity contribution is 0.483. The number of nitrogens with two attached hydrogens (primary N) is 1. The molecule has 14 heavy (non-hydrogen) atoms. The molecule has 2 aromatic rings. The molecule has 2 N–H and O–H groups in total. The summed E-state index contributed by atoms with van der Waals surface area (Å²) in [5.41, 5.74) is 5.41. The van der Waals surface area contributed by atoms with Crippen LogP contribution in [-0.4, -0.2) is 35.0 Å². The number of rotatable bonds is 3. The maximum atomic E-state index is 5.41. The summed E-state index contributed by atoms with van der Waals surface area (Å²) < 4.78 is 3.84. The summed E-state index contributed by atoms with van der Waals surface area (Å²) in [6.07, 6.45) is 1.54. The second kappa shape index (κ2) is 3.70. The van der Waals surface area contributed by atoms with Crippen LogP contribution in [0.25, 0.3) is 0 Å². The summed E-state index contributed by atoms with van der Waals surface area (Å²) in [5, 5.41) is 14.7. The second-order valence-electron chi connectivity index (χ2n) is 2.54. The van der Waals surface area contributed by atoms with Gasteiger partial charge in [0.25, 0.3) is 0 Å². The molecule has 0 radical (unpaired) electrons. The van der Waals surface area contributed by atoms with Gasteiger partial charge in [0, 0.05) is 0 Å². The van der Waals surface area contributed by atoms with Crippen LogP contribution < -0.4 is 5.73 Å². The smallest absolute Gasteiger partial charge is 0.240 e. The summed E-state index contributed by atoms with van der Waals surface area (Å²) in [4.78, 5) is 3.90. The minimum atomic E-state index is 0.244. The number of nitrogen functional groups attached to an aromatic ring is 1. The van der Waals surface area contributed by atoms with E-state index in [2.05, 4.69) is 41.5 Å². The zero-order valence-corrected chi connectivity index (χ0v) is 8.66. The lowest BCUT2D eigenvalue weighted by atomic mass is 10.6. The van der Waals surface area contributed by atoms with Gasteiger partial charge in [-0.3, -0.25) is 0 Å². The van der Waals surface area contributed by atoms with Gasteiger partial charge in [-0.15, -0.1) is 10.2 Å². The van der Waals surface area contributed by atoms with Crippen LogP contribution in [0.5, 0.6) is 0 Å². The van der Waals surface area contributed by atoms with Gasteiger partial charge in [-0.2, -0.15) is 4.98 Å². The van der Waals surface area contributed by atoms with Crippen molar-refractivity contribution in [2.45, 2.75) is 13.1 Å². The molecular weight excluding hydrogens is 252 g/mol. The minimum Gasteiger partial charge on any atom is -0.366 e. The van der Waals surface area contributed by atoms with Crippen molar-refractivity contribution < 1.29 is 0 Å². The fraction of sp³-hybridized carbons (Fsp3) is 0.400. The third-order valence-electron chi connectivity index (χ3n) is 1.58. The highest BCUT2D eigenvalue weighted by molar-refractivity contribution is 9.10. The van der Waals surface area contributed by atoms with Crippen molar-refractivity contribution in [2.75, 3.05) is 5.73 Å². The maximum absolute atomic E-state index is 5.41. The summed E-state index contributed by atoms with van der Waals surface area (Å²) in [6.45, 7) is 1.23. The standard InChI is InChI=1S/C5H7BrN8/c6-4-9-5(7)10-14(4)2-1-13-3-8-11-12-13/h3H,1-2H2,(H2,7,10). The Balaban J connectivity index is 2.01. The Bertz CT molecular complexity index is 405. The lowest BCUT2D eigenvalue weighted by Gasteiger charge is -2.00. The third kappa shape index (κ3) is 1.87. The minimum absolute atomic E-state index is 0.244. The molecule has 74 valence electrons. The van der Waals surface area contributed by atoms with Gasteiger partial charge in [0.15, 0.2) is 4.73 Å². The SMILES string of the molecule is Nc1nc(Br)n(CCn2cnnn2)n1. The van der Waals surface area contributed by atoms with Gasteiger partial charge < -0.3 is 5.73 Å². The van der Waals surface area contributed by atoms with Gasteiger partial charge in [0.2, 0.25) is 5.95 Å². The zero-order chi connectivity index (χ0) is 9.97. The number of halogens is 1. The van der Waals surface area contributed by atoms with E-state index in [1.807, 2.05) is 0 Å². The zero-order valence-electron chi connectivity index (χ0n) is 7.08. The number of tetrazole rings is 1. The van der Waals surface area contributed by atoms with Crippen LogP contribution in [0.3, 0.4) is 0 Å². The van der Waals surface area contributed by atoms with E-state index in [0.29, 0.717) is 17.8 Å². The van der Waals surface area contributed by atoms with Gasteiger partial charge in [0.1, 0.15) is 6.33 Å². The topological polar surface area (TPSA) is 100 Å². The Labute approximate surface area is 87.2 Å². The quantitative estimate of drug-likeness (QED) is 0.782. The first kappa shape index (κ1) is 9.06. The van der Waals surface area contributed by atoms with Crippen LogP contribution in [0.2, 0.25) is 0 Å². The Hall–Kier alpha value is -1.51. The molecule has 2 heterocycles. The van der Waals surface area contributed by atoms with E-state index in [1.165, 1.54) is 6.33 Å². The summed E-state index contributed by atoms with van der Waals surface area (Å²) in [7, 11) is 0. The lowest BCUT2D eigenvalue weighted by Crippen LogP contribution is -2.09. The van der Waals surface area contributed by atoms with Crippen LogP contribution in [-0.2, 0) is 13.1 Å². The molecule has 0 atom stereocenters. The first-order chi connectivity index (χ1) is 6.75. The van der Waals surface area contributed by atoms with E-state index < -0.39 is 0 Å². The predicted octanol–water partition coefficient (Wildman–Crippen LogP) is -0.691. The van der Waals surface area contributed by atoms with Crippen molar-refractivity contribution in [1.82, 2.24) is 35.0 Å². The fourth-order valence-electron chi connectivity index (χ4n) is 0.962. The van der Waals surface area contributed by atoms with Crippen LogP contribution in [0, 0.1) is 0 Å². The number of hydrogen-bond donors (Lipinski definition) is 1. The van der Waals surface area contributed by atoms with Gasteiger partial charge >= 0.3 is 0 Å². The normalized spacial score (nSPS) is 10.6. The maximum Gasteiger partial charge on any atom is 0.240 e. The van der Waals surface area contributed by atoms with Crippen molar-refractivity contribution >= 4 is 21.9 Å². The first-order valence-corrected chi connectivity index (χ1v) is 4.61. The molecule has 2 rings (SSSR count). The van der Waals surface area contributed by atoms with Gasteiger partial charge in [-0.1, -0.05) is 0 Å². The average Bonchev–Trinajstić information content (AvgIpc) is 2.72. The predicted molar refractivity (Wildman–Crippen MR) is 50.0 cm³/mol. The Morgan fingerprint density at radius 2 is 2.29 bits per heavy atom. The second-order valence-corrected chi connectivity index (χ2v) is 3.24. The Morgan fingerprint density at radius 3 is 2.86 bits per heavy atom. The highest BCUT2D eigenvalue weighted by Crippen LogP contribution is 2.07. The van der Waals surface area contributed by atoms with Crippen molar-refractivity contribution in [3.63, 3.8) is 0 Å². The molecule has 9 heteroatoms. The first-order valence-electron chi connectivity index (χ1n) is 3.82. The van der Waals surface area contributed by atoms with E-state index in [9.17, 15) is 0 Å². The molecule has 0 amide bonds. The molecule has 0 fully saturated rings. The van der Waals surface area contributed by atoms with Crippen molar-refractivity contribution in [1.29, 1.82) is 0 Å². The molecule has 0 aliphatic rings. The number of anilines is 1. The van der Waals surface area contributed by atoms with Crippen LogP contribution >= 0.6 is 15.9 Å². The Kier molecular flexibility index (Phi) is 2.39. The van der Waals surface area contributed by atoms with Crippen LogP contribution in [0.4, 0.5) is 5.95 Å². The van der Waals surface area contributed by atoms with E-state index in [1.54, 1.807) is 9.36 Å². The van der Waals surface area contributed by atoms with Crippen LogP contribution in [0.15, 0.2) is 11.1 Å². The molecule has 0 aromatic carbocycles. The van der Waals surface area contributed by atoms with Crippen LogP contribution in [0.1, 0.15) is 0 Å². The van der Waals surface area contributed by atoms with Crippen molar-refractivity contribution in [2.24, 2.45) is 0 Å². The highest BCUT2D eigenvalue weighted by atomic mass is 79.9. The fourth-order valence-corrected chi connectivity index (χ4v) is 1.40. The van der Waals surface area contributed by atoms with Crippen molar-refractivity contribution in [3.8, 4) is 0 Å². The molecule has 8 nitrogen and oxygen atoms in total. The number of aromatic nitrogens is 7. The number of aryl methyl sites for hydroxylation is 2. The molecular formula is C5H7BrN8. The highest BCUT2D eigenvalue weighted by Gasteiger charge is 2.04. The summed E-state index contributed by atoms with van der Waals surface area (Å²) >= 11 is 3.23. The molecule has 0 aliphatic heterocycles. The third-order valence-corrected chi connectivity index (χ3v) is 2.16. The summed E-state index contributed by atoms with van der Waals surface area (Å²) in [5.74, 6) is 0.244. The van der Waals surface area contributed by atoms with Gasteiger partial charge in [-0.25, -0.2) is 9.36 Å². The molecule has 2 aromatic heterocycles. The molecule has 0 saturated carbocycles. The van der Waals surface area contributed by atoms with Gasteiger partial charge in [0.05, 0.1) is 13.1 Å². The molecule has 0 spiro atoms. The van der Waals surface area contributed by atoms with Crippen molar-refractivity contribution in [3.05, 3.63) is 11.1 Å². The molecule has 0 bridgehead atoms. The largest absolute Gasteiger partial charge is 0.366 e. The molecule has 0 aliphatic carbocycles. The number of hydrogen-bond acceptors (Lipinski definition) is 6. The monoisotopic (exact) mass is 258 g/mol. The average molecular weight is 259 g/mol.